The van der Waals surface area contributed by atoms with Crippen LogP contribution in [0.25, 0.3) is 0 Å². The van der Waals surface area contributed by atoms with Crippen molar-refractivity contribution in [3.05, 3.63) is 35.1 Å². The predicted octanol–water partition coefficient (Wildman–Crippen LogP) is 3.06. The van der Waals surface area contributed by atoms with Crippen LogP contribution in [0.15, 0.2) is 18.2 Å². The van der Waals surface area contributed by atoms with E-state index in [1.807, 2.05) is 0 Å². The van der Waals surface area contributed by atoms with Crippen molar-refractivity contribution < 1.29 is 27.1 Å². The molecule has 0 spiro atoms. The van der Waals surface area contributed by atoms with Crippen LogP contribution in [0.3, 0.4) is 0 Å². The average molecular weight is 293 g/mol. The molecule has 0 aromatic heterocycles. The summed E-state index contributed by atoms with van der Waals surface area (Å²) >= 11 is 0. The lowest BCUT2D eigenvalue weighted by Gasteiger charge is -2.21. The fourth-order valence-electron chi connectivity index (χ4n) is 1.75. The Kier molecular flexibility index (Phi) is 5.50. The van der Waals surface area contributed by atoms with Crippen LogP contribution < -0.4 is 5.32 Å². The van der Waals surface area contributed by atoms with E-state index >= 15 is 0 Å². The van der Waals surface area contributed by atoms with Crippen molar-refractivity contribution in [2.75, 3.05) is 13.7 Å². The third-order valence-corrected chi connectivity index (χ3v) is 2.67. The van der Waals surface area contributed by atoms with E-state index in [1.165, 1.54) is 0 Å². The minimum absolute atomic E-state index is 0.328. The van der Waals surface area contributed by atoms with E-state index in [0.717, 1.165) is 19.2 Å². The summed E-state index contributed by atoms with van der Waals surface area (Å²) in [4.78, 5) is 11.6. The molecule has 3 nitrogen and oxygen atoms in total. The fraction of sp³-hybridized carbons (Fsp3) is 0.462. The van der Waals surface area contributed by atoms with Crippen molar-refractivity contribution in [3.63, 3.8) is 0 Å². The van der Waals surface area contributed by atoms with Gasteiger partial charge in [-0.25, -0.2) is 9.18 Å². The molecule has 0 radical (unpaired) electrons. The molecule has 1 aromatic rings. The first-order valence-electron chi connectivity index (χ1n) is 5.99. The van der Waals surface area contributed by atoms with Crippen LogP contribution in [0.1, 0.15) is 30.5 Å². The largest absolute Gasteiger partial charge is 0.468 e. The first-order chi connectivity index (χ1) is 9.31. The zero-order chi connectivity index (χ0) is 15.3. The Labute approximate surface area is 113 Å². The van der Waals surface area contributed by atoms with Crippen molar-refractivity contribution in [1.82, 2.24) is 5.32 Å². The minimum Gasteiger partial charge on any atom is -0.468 e. The summed E-state index contributed by atoms with van der Waals surface area (Å²) in [6, 6.07) is 0.923. The number of ether oxygens (including phenoxy) is 1. The van der Waals surface area contributed by atoms with E-state index in [4.69, 9.17) is 0 Å². The number of hydrogen-bond acceptors (Lipinski definition) is 3. The van der Waals surface area contributed by atoms with Crippen LogP contribution in [0.2, 0.25) is 0 Å². The van der Waals surface area contributed by atoms with Crippen molar-refractivity contribution in [2.45, 2.75) is 25.6 Å². The molecule has 0 fully saturated rings. The average Bonchev–Trinajstić information content (AvgIpc) is 2.38. The van der Waals surface area contributed by atoms with Gasteiger partial charge >= 0.3 is 12.1 Å². The van der Waals surface area contributed by atoms with Gasteiger partial charge in [0.15, 0.2) is 0 Å². The van der Waals surface area contributed by atoms with Crippen molar-refractivity contribution in [2.24, 2.45) is 0 Å². The molecular weight excluding hydrogens is 278 g/mol. The molecule has 0 heterocycles. The van der Waals surface area contributed by atoms with Gasteiger partial charge in [0.05, 0.1) is 12.7 Å². The quantitative estimate of drug-likeness (QED) is 0.670. The summed E-state index contributed by atoms with van der Waals surface area (Å²) in [5.74, 6) is -1.87. The van der Waals surface area contributed by atoms with Gasteiger partial charge in [-0.1, -0.05) is 13.0 Å². The SMILES string of the molecule is CCCNC(C(=O)OC)c1ccc(F)cc1C(F)(F)F. The second-order valence-electron chi connectivity index (χ2n) is 4.14. The molecule has 0 saturated carbocycles. The number of alkyl halides is 3. The summed E-state index contributed by atoms with van der Waals surface area (Å²) in [7, 11) is 1.08. The van der Waals surface area contributed by atoms with Crippen molar-refractivity contribution >= 4 is 5.97 Å². The molecule has 1 N–H and O–H groups in total. The van der Waals surface area contributed by atoms with Crippen LogP contribution >= 0.6 is 0 Å². The smallest absolute Gasteiger partial charge is 0.416 e. The third kappa shape index (κ3) is 3.93. The molecule has 112 valence electrons. The van der Waals surface area contributed by atoms with Gasteiger partial charge in [0, 0.05) is 0 Å². The normalized spacial score (nSPS) is 13.1. The van der Waals surface area contributed by atoms with E-state index in [1.54, 1.807) is 6.92 Å². The maximum Gasteiger partial charge on any atom is 0.416 e. The molecule has 0 aliphatic rings. The highest BCUT2D eigenvalue weighted by atomic mass is 19.4. The van der Waals surface area contributed by atoms with Crippen LogP contribution in [-0.4, -0.2) is 19.6 Å². The summed E-state index contributed by atoms with van der Waals surface area (Å²) in [6.07, 6.45) is -4.13. The molecule has 20 heavy (non-hydrogen) atoms. The van der Waals surface area contributed by atoms with Crippen molar-refractivity contribution in [1.29, 1.82) is 0 Å². The number of nitrogens with one attached hydrogen (secondary N) is 1. The van der Waals surface area contributed by atoms with Gasteiger partial charge in [-0.15, -0.1) is 0 Å². The zero-order valence-corrected chi connectivity index (χ0v) is 11.1. The van der Waals surface area contributed by atoms with Crippen LogP contribution in [-0.2, 0) is 15.7 Å². The fourth-order valence-corrected chi connectivity index (χ4v) is 1.75. The number of hydrogen-bond donors (Lipinski definition) is 1. The summed E-state index contributed by atoms with van der Waals surface area (Å²) in [6.45, 7) is 2.13. The predicted molar refractivity (Wildman–Crippen MR) is 64.5 cm³/mol. The molecule has 1 rings (SSSR count). The Morgan fingerprint density at radius 3 is 2.55 bits per heavy atom. The van der Waals surface area contributed by atoms with E-state index in [-0.39, 0.29) is 5.56 Å². The minimum atomic E-state index is -4.75. The number of methoxy groups -OCH3 is 1. The molecule has 1 atom stereocenters. The Hall–Kier alpha value is -1.63. The molecule has 0 saturated heterocycles. The van der Waals surface area contributed by atoms with Gasteiger partial charge in [-0.2, -0.15) is 13.2 Å². The molecule has 0 aliphatic carbocycles. The van der Waals surface area contributed by atoms with Crippen molar-refractivity contribution in [3.8, 4) is 0 Å². The molecule has 0 bridgehead atoms. The van der Waals surface area contributed by atoms with Gasteiger partial charge < -0.3 is 10.1 Å². The topological polar surface area (TPSA) is 38.3 Å². The molecule has 0 amide bonds. The summed E-state index contributed by atoms with van der Waals surface area (Å²) in [5.41, 5.74) is -1.53. The van der Waals surface area contributed by atoms with Gasteiger partial charge in [-0.05, 0) is 30.7 Å². The number of halogens is 4. The highest BCUT2D eigenvalue weighted by Gasteiger charge is 2.37. The van der Waals surface area contributed by atoms with Gasteiger partial charge in [0.1, 0.15) is 11.9 Å². The molecule has 7 heteroatoms. The highest BCUT2D eigenvalue weighted by Crippen LogP contribution is 2.35. The zero-order valence-electron chi connectivity index (χ0n) is 11.1. The maximum absolute atomic E-state index is 13.0. The first kappa shape index (κ1) is 16.4. The molecule has 1 aromatic carbocycles. The van der Waals surface area contributed by atoms with Crippen LogP contribution in [0, 0.1) is 5.82 Å². The molecule has 0 aliphatic heterocycles. The van der Waals surface area contributed by atoms with Gasteiger partial charge in [-0.3, -0.25) is 0 Å². The summed E-state index contributed by atoms with van der Waals surface area (Å²) in [5, 5.41) is 2.67. The highest BCUT2D eigenvalue weighted by molar-refractivity contribution is 5.78. The van der Waals surface area contributed by atoms with E-state index in [9.17, 15) is 22.4 Å². The molecule has 1 unspecified atom stereocenters. The Morgan fingerprint density at radius 2 is 2.05 bits per heavy atom. The number of rotatable bonds is 5. The van der Waals surface area contributed by atoms with Crippen LogP contribution in [0.5, 0.6) is 0 Å². The standard InChI is InChI=1S/C13H15F4NO2/c1-3-6-18-11(12(19)20-2)9-5-4-8(14)7-10(9)13(15,16)17/h4-5,7,11,18H,3,6H2,1-2H3. The van der Waals surface area contributed by atoms with Crippen LogP contribution in [0.4, 0.5) is 17.6 Å². The Bertz CT molecular complexity index is 474. The maximum atomic E-state index is 13.0. The monoisotopic (exact) mass is 293 g/mol. The Morgan fingerprint density at radius 1 is 1.40 bits per heavy atom. The van der Waals surface area contributed by atoms with Gasteiger partial charge in [0.25, 0.3) is 0 Å². The number of benzene rings is 1. The second kappa shape index (κ2) is 6.69. The lowest BCUT2D eigenvalue weighted by Crippen LogP contribution is -2.32. The molecular formula is C13H15F4NO2. The van der Waals surface area contributed by atoms with E-state index in [2.05, 4.69) is 10.1 Å². The lowest BCUT2D eigenvalue weighted by molar-refractivity contribution is -0.145. The van der Waals surface area contributed by atoms with Gasteiger partial charge in [0.2, 0.25) is 0 Å². The number of carbonyl (C=O) groups is 1. The second-order valence-corrected chi connectivity index (χ2v) is 4.14. The first-order valence-corrected chi connectivity index (χ1v) is 5.99. The Balaban J connectivity index is 3.28. The third-order valence-electron chi connectivity index (χ3n) is 2.67. The lowest BCUT2D eigenvalue weighted by atomic mass is 9.99. The van der Waals surface area contributed by atoms with E-state index < -0.39 is 29.6 Å². The number of carbonyl (C=O) groups excluding carboxylic acids is 1. The number of esters is 1. The van der Waals surface area contributed by atoms with E-state index in [0.29, 0.717) is 19.0 Å². The summed E-state index contributed by atoms with van der Waals surface area (Å²) < 4.78 is 56.3.